The van der Waals surface area contributed by atoms with Gasteiger partial charge >= 0.3 is 5.97 Å². The molecule has 4 atom stereocenters. The fourth-order valence-corrected chi connectivity index (χ4v) is 3.35. The third-order valence-electron chi connectivity index (χ3n) is 5.74. The van der Waals surface area contributed by atoms with E-state index < -0.39 is 5.97 Å². The van der Waals surface area contributed by atoms with Crippen LogP contribution in [0.25, 0.3) is 0 Å². The maximum absolute atomic E-state index is 12.8. The average molecular weight is 431 g/mol. The Labute approximate surface area is 181 Å². The quantitative estimate of drug-likeness (QED) is 0.344. The summed E-state index contributed by atoms with van der Waals surface area (Å²) in [6.07, 6.45) is 2.16. The summed E-state index contributed by atoms with van der Waals surface area (Å²) in [6.45, 7) is 11.8. The molecule has 0 aromatic heterocycles. The van der Waals surface area contributed by atoms with E-state index in [1.54, 1.807) is 0 Å². The van der Waals surface area contributed by atoms with E-state index in [-0.39, 0.29) is 49.8 Å². The number of nitrogens with zero attached hydrogens (tertiary/aromatic N) is 1. The van der Waals surface area contributed by atoms with E-state index in [0.29, 0.717) is 31.6 Å². The molecule has 2 N–H and O–H groups in total. The first-order valence-electron chi connectivity index (χ1n) is 11.1. The van der Waals surface area contributed by atoms with E-state index in [4.69, 9.17) is 14.6 Å². The fourth-order valence-electron chi connectivity index (χ4n) is 3.35. The number of aliphatic carboxylic acids is 1. The van der Waals surface area contributed by atoms with Crippen LogP contribution in [0.5, 0.6) is 0 Å². The summed E-state index contributed by atoms with van der Waals surface area (Å²) >= 11 is 0. The monoisotopic (exact) mass is 430 g/mol. The van der Waals surface area contributed by atoms with Crippen molar-refractivity contribution >= 4 is 17.8 Å². The normalized spacial score (nSPS) is 15.1. The Morgan fingerprint density at radius 2 is 1.50 bits per heavy atom. The highest BCUT2D eigenvalue weighted by molar-refractivity contribution is 5.80. The average Bonchev–Trinajstić information content (AvgIpc) is 2.72. The number of hydrogen-bond acceptors (Lipinski definition) is 5. The molecular weight excluding hydrogens is 388 g/mol. The van der Waals surface area contributed by atoms with Crippen LogP contribution < -0.4 is 5.32 Å². The molecule has 176 valence electrons. The molecule has 8 heteroatoms. The Kier molecular flexibility index (Phi) is 15.2. The Bertz CT molecular complexity index is 514. The number of carbonyl (C=O) groups is 3. The van der Waals surface area contributed by atoms with Crippen molar-refractivity contribution in [2.24, 2.45) is 17.8 Å². The number of carbonyl (C=O) groups excluding carboxylic acids is 2. The summed E-state index contributed by atoms with van der Waals surface area (Å²) in [5, 5.41) is 11.3. The molecule has 2 amide bonds. The topological polar surface area (TPSA) is 105 Å². The zero-order valence-electron chi connectivity index (χ0n) is 19.6. The zero-order valence-corrected chi connectivity index (χ0v) is 19.6. The molecule has 0 saturated heterocycles. The number of amides is 2. The first-order valence-corrected chi connectivity index (χ1v) is 11.1. The van der Waals surface area contributed by atoms with Gasteiger partial charge in [0.15, 0.2) is 0 Å². The van der Waals surface area contributed by atoms with E-state index in [0.717, 1.165) is 12.8 Å². The lowest BCUT2D eigenvalue weighted by Crippen LogP contribution is -2.46. The highest BCUT2D eigenvalue weighted by Crippen LogP contribution is 2.24. The van der Waals surface area contributed by atoms with Crippen molar-refractivity contribution in [1.29, 1.82) is 0 Å². The van der Waals surface area contributed by atoms with Gasteiger partial charge in [0.1, 0.15) is 0 Å². The fraction of sp³-hybridized carbons (Fsp3) is 0.864. The molecule has 2 unspecified atom stereocenters. The number of nitrogens with one attached hydrogen (secondary N) is 1. The lowest BCUT2D eigenvalue weighted by molar-refractivity contribution is -0.139. The molecule has 0 aromatic carbocycles. The summed E-state index contributed by atoms with van der Waals surface area (Å²) in [5.41, 5.74) is 0. The largest absolute Gasteiger partial charge is 0.481 e. The van der Waals surface area contributed by atoms with Gasteiger partial charge in [-0.15, -0.1) is 0 Å². The Hall–Kier alpha value is -1.67. The first kappa shape index (κ1) is 28.3. The molecule has 0 spiro atoms. The first-order chi connectivity index (χ1) is 14.1. The summed E-state index contributed by atoms with van der Waals surface area (Å²) < 4.78 is 10.4. The molecule has 0 aliphatic carbocycles. The van der Waals surface area contributed by atoms with Gasteiger partial charge in [-0.1, -0.05) is 41.0 Å². The van der Waals surface area contributed by atoms with Crippen LogP contribution in [0.4, 0.5) is 0 Å². The van der Waals surface area contributed by atoms with Crippen LogP contribution in [0.3, 0.4) is 0 Å². The van der Waals surface area contributed by atoms with E-state index >= 15 is 0 Å². The van der Waals surface area contributed by atoms with Crippen LogP contribution >= 0.6 is 0 Å². The van der Waals surface area contributed by atoms with Crippen LogP contribution in [-0.4, -0.2) is 73.9 Å². The van der Waals surface area contributed by atoms with Gasteiger partial charge in [-0.25, -0.2) is 0 Å². The molecule has 0 rings (SSSR count). The smallest absolute Gasteiger partial charge is 0.305 e. The Morgan fingerprint density at radius 3 is 2.00 bits per heavy atom. The van der Waals surface area contributed by atoms with E-state index in [1.807, 2.05) is 18.9 Å². The molecule has 30 heavy (non-hydrogen) atoms. The van der Waals surface area contributed by atoms with Crippen molar-refractivity contribution in [2.75, 3.05) is 40.0 Å². The maximum Gasteiger partial charge on any atom is 0.305 e. The van der Waals surface area contributed by atoms with Gasteiger partial charge in [0.25, 0.3) is 0 Å². The molecule has 0 saturated carbocycles. The molecule has 0 fully saturated rings. The second kappa shape index (κ2) is 16.1. The highest BCUT2D eigenvalue weighted by atomic mass is 16.5. The predicted molar refractivity (Wildman–Crippen MR) is 116 cm³/mol. The summed E-state index contributed by atoms with van der Waals surface area (Å²) in [7, 11) is 1.86. The molecule has 0 radical (unpaired) electrons. The molecule has 0 heterocycles. The molecule has 0 aromatic rings. The SMILES string of the molecule is CC[C@@H](C)C(C)[C@H](CC)N(C)C(=O)C(C)CNC(=O)CCOCCOCCC(=O)O. The van der Waals surface area contributed by atoms with Crippen molar-refractivity contribution in [3.05, 3.63) is 0 Å². The van der Waals surface area contributed by atoms with Gasteiger partial charge in [-0.2, -0.15) is 0 Å². The minimum Gasteiger partial charge on any atom is -0.481 e. The van der Waals surface area contributed by atoms with Gasteiger partial charge in [0.2, 0.25) is 11.8 Å². The number of rotatable bonds is 17. The van der Waals surface area contributed by atoms with Crippen molar-refractivity contribution in [1.82, 2.24) is 10.2 Å². The third kappa shape index (κ3) is 11.5. The summed E-state index contributed by atoms with van der Waals surface area (Å²) in [6, 6.07) is 0.191. The minimum atomic E-state index is -0.901. The van der Waals surface area contributed by atoms with Crippen molar-refractivity contribution in [3.8, 4) is 0 Å². The summed E-state index contributed by atoms with van der Waals surface area (Å²) in [4.78, 5) is 36.9. The van der Waals surface area contributed by atoms with Crippen molar-refractivity contribution < 1.29 is 29.0 Å². The number of carboxylic acids is 1. The van der Waals surface area contributed by atoms with Crippen LogP contribution in [0.15, 0.2) is 0 Å². The van der Waals surface area contributed by atoms with E-state index in [9.17, 15) is 14.4 Å². The maximum atomic E-state index is 12.8. The van der Waals surface area contributed by atoms with Crippen LogP contribution in [0.2, 0.25) is 0 Å². The van der Waals surface area contributed by atoms with Crippen molar-refractivity contribution in [2.45, 2.75) is 66.3 Å². The van der Waals surface area contributed by atoms with E-state index in [1.165, 1.54) is 0 Å². The molecule has 8 nitrogen and oxygen atoms in total. The third-order valence-corrected chi connectivity index (χ3v) is 5.74. The second-order valence-electron chi connectivity index (χ2n) is 7.99. The molecule has 0 bridgehead atoms. The van der Waals surface area contributed by atoms with Gasteiger partial charge in [0.05, 0.1) is 38.8 Å². The van der Waals surface area contributed by atoms with Gasteiger partial charge < -0.3 is 24.8 Å². The lowest BCUT2D eigenvalue weighted by Gasteiger charge is -2.36. The number of hydrogen-bond donors (Lipinski definition) is 2. The van der Waals surface area contributed by atoms with Crippen molar-refractivity contribution in [3.63, 3.8) is 0 Å². The minimum absolute atomic E-state index is 0.0377. The zero-order chi connectivity index (χ0) is 23.1. The van der Waals surface area contributed by atoms with Gasteiger partial charge in [-0.3, -0.25) is 14.4 Å². The Morgan fingerprint density at radius 1 is 0.933 bits per heavy atom. The molecular formula is C22H42N2O6. The molecule has 0 aliphatic heterocycles. The van der Waals surface area contributed by atoms with Crippen LogP contribution in [0.1, 0.15) is 60.3 Å². The van der Waals surface area contributed by atoms with Gasteiger partial charge in [0, 0.05) is 26.1 Å². The standard InChI is InChI=1S/C22H42N2O6/c1-7-16(3)18(5)19(8-2)24(6)22(28)17(4)15-23-20(25)9-11-29-13-14-30-12-10-21(26)27/h16-19H,7-15H2,1-6H3,(H,23,25)(H,26,27)/t16-,17?,18?,19+/m1/s1. The van der Waals surface area contributed by atoms with Crippen LogP contribution in [-0.2, 0) is 23.9 Å². The predicted octanol–water partition coefficient (Wildman–Crippen LogP) is 2.56. The van der Waals surface area contributed by atoms with Gasteiger partial charge in [-0.05, 0) is 18.3 Å². The molecule has 0 aliphatic rings. The van der Waals surface area contributed by atoms with Crippen LogP contribution in [0, 0.1) is 17.8 Å². The second-order valence-corrected chi connectivity index (χ2v) is 7.99. The Balaban J connectivity index is 4.14. The lowest BCUT2D eigenvalue weighted by atomic mass is 9.85. The number of ether oxygens (including phenoxy) is 2. The summed E-state index contributed by atoms with van der Waals surface area (Å²) in [5.74, 6) is -0.345. The highest BCUT2D eigenvalue weighted by Gasteiger charge is 2.29. The number of carboxylic acid groups (broad SMARTS) is 1. The van der Waals surface area contributed by atoms with E-state index in [2.05, 4.69) is 33.0 Å².